The van der Waals surface area contributed by atoms with Crippen LogP contribution in [0.3, 0.4) is 0 Å². The average molecular weight is 211 g/mol. The van der Waals surface area contributed by atoms with Crippen LogP contribution in [0.25, 0.3) is 0 Å². The van der Waals surface area contributed by atoms with E-state index in [1.165, 1.54) is 5.56 Å². The van der Waals surface area contributed by atoms with Gasteiger partial charge in [-0.1, -0.05) is 30.7 Å². The fraction of sp³-hybridized carbons (Fsp3) is 0.500. The van der Waals surface area contributed by atoms with Crippen molar-refractivity contribution in [3.63, 3.8) is 0 Å². The van der Waals surface area contributed by atoms with Crippen molar-refractivity contribution in [1.82, 2.24) is 0 Å². The molecular weight excluding hydrogens is 196 g/mol. The molecule has 1 aliphatic heterocycles. The standard InChI is InChI=1S/C12H15ClO/c1-8(7-12-9(2)14-12)10-3-5-11(13)6-4-10/h3-6,8-9,12H,7H2,1-2H3. The van der Waals surface area contributed by atoms with Crippen LogP contribution in [0.2, 0.25) is 5.02 Å². The van der Waals surface area contributed by atoms with E-state index >= 15 is 0 Å². The van der Waals surface area contributed by atoms with Gasteiger partial charge in [0.25, 0.3) is 0 Å². The van der Waals surface area contributed by atoms with Gasteiger partial charge in [-0.05, 0) is 37.0 Å². The van der Waals surface area contributed by atoms with E-state index in [4.69, 9.17) is 16.3 Å². The minimum Gasteiger partial charge on any atom is -0.370 e. The molecule has 0 saturated carbocycles. The van der Waals surface area contributed by atoms with Gasteiger partial charge >= 0.3 is 0 Å². The molecule has 3 unspecified atom stereocenters. The van der Waals surface area contributed by atoms with Gasteiger partial charge in [-0.15, -0.1) is 0 Å². The highest BCUT2D eigenvalue weighted by Crippen LogP contribution is 2.32. The summed E-state index contributed by atoms with van der Waals surface area (Å²) >= 11 is 5.83. The number of ether oxygens (including phenoxy) is 1. The molecule has 1 aliphatic rings. The minimum absolute atomic E-state index is 0.463. The van der Waals surface area contributed by atoms with Crippen LogP contribution < -0.4 is 0 Å². The van der Waals surface area contributed by atoms with Gasteiger partial charge in [0.15, 0.2) is 0 Å². The first kappa shape index (κ1) is 10.0. The Morgan fingerprint density at radius 1 is 1.36 bits per heavy atom. The van der Waals surface area contributed by atoms with Crippen molar-refractivity contribution < 1.29 is 4.74 Å². The summed E-state index contributed by atoms with van der Waals surface area (Å²) in [4.78, 5) is 0. The molecule has 3 atom stereocenters. The predicted molar refractivity (Wildman–Crippen MR) is 58.8 cm³/mol. The molecule has 14 heavy (non-hydrogen) atoms. The van der Waals surface area contributed by atoms with Crippen molar-refractivity contribution in [2.75, 3.05) is 0 Å². The third-order valence-electron chi connectivity index (χ3n) is 2.86. The van der Waals surface area contributed by atoms with E-state index in [9.17, 15) is 0 Å². The fourth-order valence-electron chi connectivity index (χ4n) is 1.75. The number of benzene rings is 1. The van der Waals surface area contributed by atoms with Crippen molar-refractivity contribution in [2.45, 2.75) is 38.4 Å². The number of hydrogen-bond acceptors (Lipinski definition) is 1. The number of hydrogen-bond donors (Lipinski definition) is 0. The molecule has 1 aromatic carbocycles. The molecule has 2 rings (SSSR count). The van der Waals surface area contributed by atoms with Gasteiger partial charge in [0.2, 0.25) is 0 Å². The summed E-state index contributed by atoms with van der Waals surface area (Å²) in [5, 5.41) is 0.803. The van der Waals surface area contributed by atoms with Crippen LogP contribution in [0, 0.1) is 0 Å². The highest BCUT2D eigenvalue weighted by molar-refractivity contribution is 6.30. The topological polar surface area (TPSA) is 12.5 Å². The molecule has 0 radical (unpaired) electrons. The van der Waals surface area contributed by atoms with Crippen molar-refractivity contribution in [2.24, 2.45) is 0 Å². The highest BCUT2D eigenvalue weighted by atomic mass is 35.5. The molecule has 1 heterocycles. The molecule has 76 valence electrons. The Hall–Kier alpha value is -0.530. The van der Waals surface area contributed by atoms with Crippen LogP contribution in [-0.2, 0) is 4.74 Å². The number of epoxide rings is 1. The molecular formula is C12H15ClO. The van der Waals surface area contributed by atoms with Crippen LogP contribution >= 0.6 is 11.6 Å². The summed E-state index contributed by atoms with van der Waals surface area (Å²) in [6.07, 6.45) is 2.05. The molecule has 1 nitrogen and oxygen atoms in total. The lowest BCUT2D eigenvalue weighted by atomic mass is 9.96. The lowest BCUT2D eigenvalue weighted by Gasteiger charge is -2.09. The third kappa shape index (κ3) is 2.28. The number of halogens is 1. The van der Waals surface area contributed by atoms with Gasteiger partial charge in [0, 0.05) is 5.02 Å². The van der Waals surface area contributed by atoms with E-state index in [1.807, 2.05) is 12.1 Å². The van der Waals surface area contributed by atoms with Gasteiger partial charge in [0.1, 0.15) is 0 Å². The highest BCUT2D eigenvalue weighted by Gasteiger charge is 2.35. The Labute approximate surface area is 90.0 Å². The normalized spacial score (nSPS) is 27.4. The van der Waals surface area contributed by atoms with Gasteiger partial charge in [0.05, 0.1) is 12.2 Å². The number of rotatable bonds is 3. The zero-order valence-corrected chi connectivity index (χ0v) is 9.29. The Balaban J connectivity index is 1.96. The first-order valence-electron chi connectivity index (χ1n) is 5.07. The largest absolute Gasteiger partial charge is 0.370 e. The van der Waals surface area contributed by atoms with Crippen LogP contribution in [0.15, 0.2) is 24.3 Å². The lowest BCUT2D eigenvalue weighted by molar-refractivity contribution is 0.362. The van der Waals surface area contributed by atoms with Crippen LogP contribution in [-0.4, -0.2) is 12.2 Å². The fourth-order valence-corrected chi connectivity index (χ4v) is 1.88. The van der Waals surface area contributed by atoms with E-state index in [0.717, 1.165) is 11.4 Å². The summed E-state index contributed by atoms with van der Waals surface area (Å²) in [6.45, 7) is 4.36. The summed E-state index contributed by atoms with van der Waals surface area (Å²) in [5.41, 5.74) is 1.34. The first-order valence-corrected chi connectivity index (χ1v) is 5.45. The lowest BCUT2D eigenvalue weighted by Crippen LogP contribution is -1.99. The molecule has 1 saturated heterocycles. The predicted octanol–water partition coefficient (Wildman–Crippen LogP) is 3.62. The second-order valence-corrected chi connectivity index (χ2v) is 4.50. The summed E-state index contributed by atoms with van der Waals surface area (Å²) in [7, 11) is 0. The maximum absolute atomic E-state index is 5.83. The quantitative estimate of drug-likeness (QED) is 0.695. The van der Waals surface area contributed by atoms with E-state index in [1.54, 1.807) is 0 Å². The molecule has 0 bridgehead atoms. The first-order chi connectivity index (χ1) is 6.66. The summed E-state index contributed by atoms with van der Waals surface area (Å²) in [5.74, 6) is 0.558. The third-order valence-corrected chi connectivity index (χ3v) is 3.11. The molecule has 0 spiro atoms. The molecule has 0 N–H and O–H groups in total. The zero-order valence-electron chi connectivity index (χ0n) is 8.53. The van der Waals surface area contributed by atoms with Crippen LogP contribution in [0.1, 0.15) is 31.7 Å². The second-order valence-electron chi connectivity index (χ2n) is 4.07. The van der Waals surface area contributed by atoms with E-state index in [2.05, 4.69) is 26.0 Å². The average Bonchev–Trinajstić information content (AvgIpc) is 2.82. The molecule has 2 heteroatoms. The van der Waals surface area contributed by atoms with E-state index in [-0.39, 0.29) is 0 Å². The van der Waals surface area contributed by atoms with Crippen LogP contribution in [0.5, 0.6) is 0 Å². The van der Waals surface area contributed by atoms with Gasteiger partial charge in [-0.25, -0.2) is 0 Å². The molecule has 0 aliphatic carbocycles. The van der Waals surface area contributed by atoms with Crippen molar-refractivity contribution in [1.29, 1.82) is 0 Å². The van der Waals surface area contributed by atoms with Gasteiger partial charge in [-0.3, -0.25) is 0 Å². The maximum Gasteiger partial charge on any atom is 0.0844 e. The van der Waals surface area contributed by atoms with Crippen molar-refractivity contribution in [3.8, 4) is 0 Å². The van der Waals surface area contributed by atoms with Gasteiger partial charge in [-0.2, -0.15) is 0 Å². The molecule has 1 fully saturated rings. The van der Waals surface area contributed by atoms with Gasteiger partial charge < -0.3 is 4.74 Å². The Kier molecular flexibility index (Phi) is 2.80. The summed E-state index contributed by atoms with van der Waals surface area (Å²) in [6, 6.07) is 8.09. The smallest absolute Gasteiger partial charge is 0.0844 e. The zero-order chi connectivity index (χ0) is 10.1. The SMILES string of the molecule is CC(CC1OC1C)c1ccc(Cl)cc1. The molecule has 0 aromatic heterocycles. The molecule has 0 amide bonds. The van der Waals surface area contributed by atoms with Crippen molar-refractivity contribution >= 4 is 11.6 Å². The second kappa shape index (κ2) is 3.92. The Morgan fingerprint density at radius 3 is 2.43 bits per heavy atom. The Bertz CT molecular complexity index is 307. The van der Waals surface area contributed by atoms with Crippen molar-refractivity contribution in [3.05, 3.63) is 34.9 Å². The maximum atomic E-state index is 5.83. The summed E-state index contributed by atoms with van der Waals surface area (Å²) < 4.78 is 5.41. The minimum atomic E-state index is 0.463. The Morgan fingerprint density at radius 2 is 1.93 bits per heavy atom. The van der Waals surface area contributed by atoms with E-state index < -0.39 is 0 Å². The van der Waals surface area contributed by atoms with E-state index in [0.29, 0.717) is 18.1 Å². The molecule has 1 aromatic rings. The van der Waals surface area contributed by atoms with Crippen LogP contribution in [0.4, 0.5) is 0 Å². The monoisotopic (exact) mass is 210 g/mol.